The standard InChI is InChI=1S/C86H76B2N4Se/c1-83(2,3)61-38-40-69-68(47-61)88-78-73(89(69)65-43-57(53-27-17-13-18-28-53)41-58(44-65)54-29-19-14-20-30-54)49-63(85(7,8)9)52-76(78)92-71-36-26-25-35-70(71)91-75-51-64(86(10,11)12)50-74-77(75)87(81-79(91)80(92)82(88)93-81)67-39-37-62(84(4,5)6)48-72(67)90(74)66-45-59(55-31-21-15-22-32-55)42-60(46-66)56-33-23-16-24-34-56/h13-52H,1-12H3. The molecule has 5 aliphatic rings. The van der Waals surface area contributed by atoms with Crippen LogP contribution in [0.15, 0.2) is 243 Å². The normalized spacial score (nSPS) is 14.1. The Balaban J connectivity index is 0.976. The predicted octanol–water partition coefficient (Wildman–Crippen LogP) is 19.1. The molecule has 0 bridgehead atoms. The summed E-state index contributed by atoms with van der Waals surface area (Å²) in [7, 11) is 0. The number of fused-ring (bicyclic) bond motifs is 11. The molecule has 4 nitrogen and oxygen atoms in total. The first kappa shape index (κ1) is 57.6. The van der Waals surface area contributed by atoms with Crippen molar-refractivity contribution in [3.05, 3.63) is 265 Å². The van der Waals surface area contributed by atoms with E-state index in [0.717, 1.165) is 11.4 Å². The van der Waals surface area contributed by atoms with Crippen molar-refractivity contribution in [2.45, 2.75) is 105 Å². The molecule has 0 spiro atoms. The second-order valence-electron chi connectivity index (χ2n) is 30.6. The number of hydrogen-bond acceptors (Lipinski definition) is 4. The average Bonchev–Trinajstić information content (AvgIpc) is 1.57. The Bertz CT molecular complexity index is 4930. The van der Waals surface area contributed by atoms with Crippen LogP contribution in [-0.2, 0) is 21.7 Å². The minimum atomic E-state index is -0.185. The molecule has 0 saturated carbocycles. The van der Waals surface area contributed by atoms with Gasteiger partial charge in [-0.15, -0.1) is 0 Å². The molecule has 0 unspecified atom stereocenters. The molecule has 12 aromatic rings. The third-order valence-electron chi connectivity index (χ3n) is 20.5. The van der Waals surface area contributed by atoms with E-state index in [0.29, 0.717) is 0 Å². The van der Waals surface area contributed by atoms with Gasteiger partial charge in [0.1, 0.15) is 0 Å². The molecule has 1 aromatic heterocycles. The van der Waals surface area contributed by atoms with E-state index < -0.39 is 0 Å². The first-order valence-electron chi connectivity index (χ1n) is 33.3. The van der Waals surface area contributed by atoms with Crippen LogP contribution in [-0.4, -0.2) is 27.9 Å². The van der Waals surface area contributed by atoms with Crippen LogP contribution < -0.4 is 50.1 Å². The Kier molecular flexibility index (Phi) is 12.8. The molecular weight excluding hydrogens is 1190 g/mol. The third-order valence-corrected chi connectivity index (χ3v) is 23.2. The van der Waals surface area contributed by atoms with E-state index in [1.807, 2.05) is 0 Å². The molecule has 0 saturated heterocycles. The summed E-state index contributed by atoms with van der Waals surface area (Å²) in [6.45, 7) is 28.6. The summed E-state index contributed by atoms with van der Waals surface area (Å²) in [4.78, 5) is 10.9. The number of anilines is 12. The average molecular weight is 1270 g/mol. The van der Waals surface area contributed by atoms with Gasteiger partial charge >= 0.3 is 560 Å². The maximum atomic E-state index is 2.76. The summed E-state index contributed by atoms with van der Waals surface area (Å²) in [5.41, 5.74) is 35.0. The quantitative estimate of drug-likeness (QED) is 0.154. The van der Waals surface area contributed by atoms with Gasteiger partial charge in [0.2, 0.25) is 0 Å². The van der Waals surface area contributed by atoms with Gasteiger partial charge in [0.25, 0.3) is 0 Å². The first-order chi connectivity index (χ1) is 44.7. The fraction of sp³-hybridized carbons (Fsp3) is 0.186. The van der Waals surface area contributed by atoms with Crippen molar-refractivity contribution in [3.8, 4) is 44.5 Å². The third kappa shape index (κ3) is 9.08. The van der Waals surface area contributed by atoms with Gasteiger partial charge in [0.05, 0.1) is 0 Å². The van der Waals surface area contributed by atoms with Crippen molar-refractivity contribution >= 4 is 127 Å². The van der Waals surface area contributed by atoms with Gasteiger partial charge in [0.15, 0.2) is 0 Å². The van der Waals surface area contributed by atoms with E-state index in [1.165, 1.54) is 145 Å². The van der Waals surface area contributed by atoms with Crippen molar-refractivity contribution in [1.82, 2.24) is 0 Å². The maximum absolute atomic E-state index is 2.76. The molecule has 0 radical (unpaired) electrons. The molecule has 0 fully saturated rings. The van der Waals surface area contributed by atoms with Crippen molar-refractivity contribution in [3.63, 3.8) is 0 Å². The van der Waals surface area contributed by atoms with Gasteiger partial charge in [0, 0.05) is 0 Å². The van der Waals surface area contributed by atoms with Gasteiger partial charge in [-0.05, 0) is 0 Å². The Labute approximate surface area is 556 Å². The fourth-order valence-corrected chi connectivity index (χ4v) is 18.8. The second-order valence-corrected chi connectivity index (χ2v) is 32.9. The summed E-state index contributed by atoms with van der Waals surface area (Å²) in [5.74, 6) is 0. The van der Waals surface area contributed by atoms with Crippen LogP contribution in [0, 0.1) is 0 Å². The molecule has 93 heavy (non-hydrogen) atoms. The van der Waals surface area contributed by atoms with E-state index in [9.17, 15) is 0 Å². The van der Waals surface area contributed by atoms with Crippen LogP contribution in [0.2, 0.25) is 0 Å². The molecule has 11 aromatic carbocycles. The van der Waals surface area contributed by atoms with Crippen molar-refractivity contribution < 1.29 is 0 Å². The topological polar surface area (TPSA) is 13.0 Å². The van der Waals surface area contributed by atoms with E-state index >= 15 is 0 Å². The second kappa shape index (κ2) is 20.6. The Morgan fingerprint density at radius 3 is 0.957 bits per heavy atom. The number of hydrogen-bond donors (Lipinski definition) is 0. The molecule has 17 rings (SSSR count). The summed E-state index contributed by atoms with van der Waals surface area (Å²) in [6, 6.07) is 93.4. The monoisotopic (exact) mass is 1270 g/mol. The van der Waals surface area contributed by atoms with Gasteiger partial charge in [-0.1, -0.05) is 0 Å². The zero-order valence-electron chi connectivity index (χ0n) is 55.4. The number of benzene rings is 11. The van der Waals surface area contributed by atoms with E-state index in [-0.39, 0.29) is 49.6 Å². The zero-order valence-corrected chi connectivity index (χ0v) is 57.2. The summed E-state index contributed by atoms with van der Waals surface area (Å²) in [6.07, 6.45) is 0. The molecule has 0 aliphatic carbocycles. The zero-order chi connectivity index (χ0) is 63.8. The van der Waals surface area contributed by atoms with Crippen LogP contribution in [0.5, 0.6) is 0 Å². The Hall–Kier alpha value is -9.25. The Morgan fingerprint density at radius 2 is 0.570 bits per heavy atom. The molecule has 7 heteroatoms. The SMILES string of the molecule is CC(C)(C)c1ccc2c(c1)B1c3[se]c4c5c3N(c3ccccc3N5c3cc(C(C)(C)C)cc5c3B4c3ccc(C(C)(C)C)cc3N5c3cc(-c4ccccc4)cc(-c4ccccc4)c3)c3cc(C(C)(C)C)cc(c31)N2c1cc(-c2ccccc2)cc(-c2ccccc2)c1. The summed E-state index contributed by atoms with van der Waals surface area (Å²) >= 11 is -0.116. The number of rotatable bonds is 6. The summed E-state index contributed by atoms with van der Waals surface area (Å²) < 4.78 is 3.09. The van der Waals surface area contributed by atoms with Crippen LogP contribution in [0.3, 0.4) is 0 Å². The fourth-order valence-electron chi connectivity index (χ4n) is 15.5. The van der Waals surface area contributed by atoms with E-state index in [1.54, 1.807) is 8.67 Å². The van der Waals surface area contributed by atoms with Gasteiger partial charge in [-0.3, -0.25) is 0 Å². The van der Waals surface area contributed by atoms with Gasteiger partial charge in [-0.2, -0.15) is 0 Å². The van der Waals surface area contributed by atoms with Crippen LogP contribution in [0.4, 0.5) is 68.2 Å². The molecule has 5 aliphatic heterocycles. The molecule has 452 valence electrons. The number of nitrogens with zero attached hydrogens (tertiary/aromatic N) is 4. The molecular formula is C86H76B2N4Se. The van der Waals surface area contributed by atoms with Gasteiger partial charge in [-0.25, -0.2) is 0 Å². The van der Waals surface area contributed by atoms with Crippen molar-refractivity contribution in [1.29, 1.82) is 0 Å². The van der Waals surface area contributed by atoms with Crippen molar-refractivity contribution in [2.75, 3.05) is 19.6 Å². The van der Waals surface area contributed by atoms with Crippen molar-refractivity contribution in [2.24, 2.45) is 0 Å². The molecule has 0 atom stereocenters. The first-order valence-corrected chi connectivity index (χ1v) is 35.0. The predicted molar refractivity (Wildman–Crippen MR) is 402 cm³/mol. The van der Waals surface area contributed by atoms with Crippen LogP contribution >= 0.6 is 0 Å². The molecule has 0 N–H and O–H groups in total. The molecule has 6 heterocycles. The van der Waals surface area contributed by atoms with Crippen LogP contribution in [0.1, 0.15) is 105 Å². The van der Waals surface area contributed by atoms with E-state index in [2.05, 4.69) is 345 Å². The molecule has 0 amide bonds. The van der Waals surface area contributed by atoms with Gasteiger partial charge < -0.3 is 0 Å². The minimum absolute atomic E-state index is 0.00975. The van der Waals surface area contributed by atoms with Crippen LogP contribution in [0.25, 0.3) is 44.5 Å². The summed E-state index contributed by atoms with van der Waals surface area (Å²) in [5, 5.41) is 0. The van der Waals surface area contributed by atoms with E-state index in [4.69, 9.17) is 0 Å². The number of para-hydroxylation sites is 2. The Morgan fingerprint density at radius 1 is 0.247 bits per heavy atom.